The Kier molecular flexibility index (Phi) is 32.9. The van der Waals surface area contributed by atoms with Gasteiger partial charge in [-0.1, -0.05) is 46.5 Å². The number of carbonyl (C=O) groups excluding carboxylic acids is 11. The van der Waals surface area contributed by atoms with E-state index in [4.69, 9.17) is 28.7 Å². The molecule has 12 atom stereocenters. The number of hydrogen-bond donors (Lipinski definition) is 18. The van der Waals surface area contributed by atoms with Crippen LogP contribution in [0.4, 0.5) is 0 Å². The maximum Gasteiger partial charge on any atom is 0.245 e. The molecule has 0 aromatic heterocycles. The Bertz CT molecular complexity index is 1910. The van der Waals surface area contributed by atoms with E-state index in [1.165, 1.54) is 13.8 Å². The van der Waals surface area contributed by atoms with Gasteiger partial charge in [0.1, 0.15) is 54.4 Å². The Morgan fingerprint density at radius 3 is 1.64 bits per heavy atom. The van der Waals surface area contributed by atoms with Crippen LogP contribution in [0.15, 0.2) is 0 Å². The molecule has 0 spiro atoms. The third-order valence-electron chi connectivity index (χ3n) is 12.4. The summed E-state index contributed by atoms with van der Waals surface area (Å²) in [6, 6.07) is -13.1. The van der Waals surface area contributed by atoms with Crippen LogP contribution in [0.3, 0.4) is 0 Å². The Hall–Kier alpha value is -6.11. The molecule has 76 heavy (non-hydrogen) atoms. The number of nitrogens with two attached hydrogens (primary N) is 5. The van der Waals surface area contributed by atoms with Crippen LogP contribution in [-0.2, 0) is 52.7 Å². The lowest BCUT2D eigenvalue weighted by Gasteiger charge is -2.28. The number of aliphatic hydroxyl groups is 2. The van der Waals surface area contributed by atoms with Crippen molar-refractivity contribution in [2.24, 2.45) is 34.6 Å². The van der Waals surface area contributed by atoms with Crippen molar-refractivity contribution in [2.45, 2.75) is 178 Å². The average Bonchev–Trinajstić information content (AvgIpc) is 3.37. The van der Waals surface area contributed by atoms with Gasteiger partial charge < -0.3 is 97.4 Å². The van der Waals surface area contributed by atoms with E-state index >= 15 is 0 Å². The SMILES string of the molecule is CCCCCCC(=O)N[C@@H](CCN)C(=O)N[C@H](C(=O)N[C@@H](CCN)C(=O)N[C@H]1CCNC(=O)[C@H]([C@@H](C)O)NC(=O)[C@H](CCN)NC(=O)[C@H](CCN)NC(=O)[C@H]([C@@H](C)CC)NC(=O)CNC(=O)[C@H](CCN)NC1=O)[C@@H](C)O. The van der Waals surface area contributed by atoms with Gasteiger partial charge in [-0.05, 0) is 97.4 Å². The van der Waals surface area contributed by atoms with E-state index in [9.17, 15) is 63.0 Å². The minimum absolute atomic E-state index is 0.00958. The summed E-state index contributed by atoms with van der Waals surface area (Å²) in [6.45, 7) is 6.02. The summed E-state index contributed by atoms with van der Waals surface area (Å²) in [4.78, 5) is 150. The van der Waals surface area contributed by atoms with Crippen molar-refractivity contribution in [1.29, 1.82) is 0 Å². The number of carbonyl (C=O) groups is 11. The molecule has 1 saturated heterocycles. The van der Waals surface area contributed by atoms with Gasteiger partial charge >= 0.3 is 0 Å². The van der Waals surface area contributed by atoms with Gasteiger partial charge in [0.25, 0.3) is 0 Å². The number of aliphatic hydroxyl groups excluding tert-OH is 2. The largest absolute Gasteiger partial charge is 0.391 e. The fraction of sp³-hybridized carbons (Fsp3) is 0.766. The normalized spacial score (nSPS) is 23.2. The summed E-state index contributed by atoms with van der Waals surface area (Å²) < 4.78 is 0. The molecule has 0 aromatic rings. The summed E-state index contributed by atoms with van der Waals surface area (Å²) in [7, 11) is 0. The van der Waals surface area contributed by atoms with Crippen LogP contribution in [-0.4, -0.2) is 188 Å². The zero-order valence-corrected chi connectivity index (χ0v) is 44.6. The molecule has 1 heterocycles. The van der Waals surface area contributed by atoms with E-state index in [2.05, 4.69) is 58.5 Å². The molecule has 29 heteroatoms. The van der Waals surface area contributed by atoms with Crippen LogP contribution in [0, 0.1) is 5.92 Å². The molecule has 0 bridgehead atoms. The standard InChI is InChI=1S/C47H88N16O13/c1-6-8-9-10-11-34(66)55-29(13-19-49)43(72)63-38(27(5)65)47(76)60-31(15-21-51)41(70)58-33-17-23-53-45(74)37(26(4)64)62-44(73)32(16-22-52)57-40(69)30(14-20-50)59-46(75)36(25(3)7-2)61-35(67)24-54-39(68)28(12-18-48)56-42(33)71/h25-33,36-38,64-65H,6-24,48-52H2,1-5H3,(H,53,74)(H,54,68)(H,55,66)(H,56,71)(H,57,69)(H,58,70)(H,59,75)(H,60,76)(H,61,67)(H,62,73)(H,63,72)/t25-,26+,27+,28-,29-,30-,31-,32-,33-,36-,37-,38-/m0/s1. The molecule has 0 unspecified atom stereocenters. The lowest BCUT2D eigenvalue weighted by Crippen LogP contribution is -2.61. The average molecular weight is 1090 g/mol. The zero-order valence-electron chi connectivity index (χ0n) is 44.6. The Labute approximate surface area is 444 Å². The van der Waals surface area contributed by atoms with Crippen LogP contribution in [0.25, 0.3) is 0 Å². The van der Waals surface area contributed by atoms with Gasteiger partial charge in [-0.25, -0.2) is 0 Å². The maximum atomic E-state index is 14.1. The molecule has 434 valence electrons. The highest BCUT2D eigenvalue weighted by Crippen LogP contribution is 2.11. The molecule has 0 radical (unpaired) electrons. The third-order valence-corrected chi connectivity index (χ3v) is 12.4. The molecule has 1 fully saturated rings. The van der Waals surface area contributed by atoms with Crippen molar-refractivity contribution in [2.75, 3.05) is 45.8 Å². The molecule has 1 aliphatic heterocycles. The van der Waals surface area contributed by atoms with E-state index in [0.29, 0.717) is 12.8 Å². The second kappa shape index (κ2) is 36.8. The highest BCUT2D eigenvalue weighted by molar-refractivity contribution is 5.98. The van der Waals surface area contributed by atoms with Crippen molar-refractivity contribution >= 4 is 65.0 Å². The molecule has 0 aliphatic carbocycles. The fourth-order valence-electron chi connectivity index (χ4n) is 7.75. The van der Waals surface area contributed by atoms with Crippen LogP contribution in [0.5, 0.6) is 0 Å². The van der Waals surface area contributed by atoms with Crippen molar-refractivity contribution in [3.63, 3.8) is 0 Å². The van der Waals surface area contributed by atoms with Crippen molar-refractivity contribution in [1.82, 2.24) is 58.5 Å². The number of unbranched alkanes of at least 4 members (excludes halogenated alkanes) is 3. The van der Waals surface area contributed by atoms with E-state index in [-0.39, 0.29) is 71.2 Å². The van der Waals surface area contributed by atoms with E-state index in [1.54, 1.807) is 13.8 Å². The second-order valence-electron chi connectivity index (χ2n) is 18.8. The molecule has 0 saturated carbocycles. The topological polar surface area (TPSA) is 491 Å². The van der Waals surface area contributed by atoms with Gasteiger partial charge in [-0.3, -0.25) is 52.7 Å². The maximum absolute atomic E-state index is 14.1. The molecular formula is C47H88N16O13. The van der Waals surface area contributed by atoms with Crippen molar-refractivity contribution in [3.8, 4) is 0 Å². The Balaban J connectivity index is 3.68. The van der Waals surface area contributed by atoms with Gasteiger partial charge in [0.15, 0.2) is 0 Å². The smallest absolute Gasteiger partial charge is 0.245 e. The summed E-state index contributed by atoms with van der Waals surface area (Å²) in [6.07, 6.45) is -0.519. The number of hydrogen-bond acceptors (Lipinski definition) is 18. The van der Waals surface area contributed by atoms with Crippen LogP contribution >= 0.6 is 0 Å². The summed E-state index contributed by atoms with van der Waals surface area (Å²) in [5.41, 5.74) is 28.9. The zero-order chi connectivity index (χ0) is 57.5. The number of amides is 11. The van der Waals surface area contributed by atoms with Crippen LogP contribution in [0.1, 0.15) is 112 Å². The monoisotopic (exact) mass is 1080 g/mol. The van der Waals surface area contributed by atoms with Gasteiger partial charge in [-0.2, -0.15) is 0 Å². The van der Waals surface area contributed by atoms with Crippen LogP contribution < -0.4 is 87.2 Å². The van der Waals surface area contributed by atoms with Gasteiger partial charge in [0, 0.05) is 13.0 Å². The molecular weight excluding hydrogens is 997 g/mol. The highest BCUT2D eigenvalue weighted by Gasteiger charge is 2.37. The first-order valence-corrected chi connectivity index (χ1v) is 26.2. The lowest BCUT2D eigenvalue weighted by molar-refractivity contribution is -0.136. The number of rotatable bonds is 26. The minimum Gasteiger partial charge on any atom is -0.391 e. The summed E-state index contributed by atoms with van der Waals surface area (Å²) >= 11 is 0. The van der Waals surface area contributed by atoms with Crippen LogP contribution in [0.2, 0.25) is 0 Å². The molecule has 29 nitrogen and oxygen atoms in total. The molecule has 1 rings (SSSR count). The highest BCUT2D eigenvalue weighted by atomic mass is 16.3. The minimum atomic E-state index is -1.68. The molecule has 1 aliphatic rings. The molecule has 11 amide bonds. The number of nitrogens with one attached hydrogen (secondary N) is 11. The lowest BCUT2D eigenvalue weighted by atomic mass is 9.97. The Morgan fingerprint density at radius 1 is 0.579 bits per heavy atom. The molecule has 23 N–H and O–H groups in total. The van der Waals surface area contributed by atoms with Crippen molar-refractivity contribution < 1.29 is 63.0 Å². The van der Waals surface area contributed by atoms with Crippen molar-refractivity contribution in [3.05, 3.63) is 0 Å². The fourth-order valence-corrected chi connectivity index (χ4v) is 7.75. The first-order valence-electron chi connectivity index (χ1n) is 26.2. The quantitative estimate of drug-likeness (QED) is 0.0358. The van der Waals surface area contributed by atoms with E-state index in [1.807, 2.05) is 6.92 Å². The second-order valence-corrected chi connectivity index (χ2v) is 18.8. The summed E-state index contributed by atoms with van der Waals surface area (Å²) in [5, 5.41) is 48.6. The predicted molar refractivity (Wildman–Crippen MR) is 278 cm³/mol. The Morgan fingerprint density at radius 2 is 1.12 bits per heavy atom. The van der Waals surface area contributed by atoms with Gasteiger partial charge in [0.2, 0.25) is 65.0 Å². The first-order chi connectivity index (χ1) is 36.0. The molecule has 0 aromatic carbocycles. The van der Waals surface area contributed by atoms with E-state index < -0.39 is 157 Å². The predicted octanol–water partition coefficient (Wildman–Crippen LogP) is -7.49. The van der Waals surface area contributed by atoms with Gasteiger partial charge in [0.05, 0.1) is 18.8 Å². The van der Waals surface area contributed by atoms with Gasteiger partial charge in [-0.15, -0.1) is 0 Å². The summed E-state index contributed by atoms with van der Waals surface area (Å²) in [5.74, 6) is -10.2. The van der Waals surface area contributed by atoms with E-state index in [0.717, 1.165) is 19.3 Å². The first kappa shape index (κ1) is 67.9. The third kappa shape index (κ3) is 24.3.